The second-order valence-corrected chi connectivity index (χ2v) is 16.2. The van der Waals surface area contributed by atoms with Crippen LogP contribution >= 0.6 is 7.82 Å². The summed E-state index contributed by atoms with van der Waals surface area (Å²) in [7, 11) is -5.01. The third-order valence-electron chi connectivity index (χ3n) is 9.72. The monoisotopic (exact) mass is 805 g/mol. The van der Waals surface area contributed by atoms with Crippen molar-refractivity contribution in [3.63, 3.8) is 0 Å². The van der Waals surface area contributed by atoms with Gasteiger partial charge in [0.2, 0.25) is 0 Å². The van der Waals surface area contributed by atoms with Crippen LogP contribution in [0.1, 0.15) is 162 Å². The van der Waals surface area contributed by atoms with Crippen LogP contribution in [0.25, 0.3) is 0 Å². The van der Waals surface area contributed by atoms with Crippen LogP contribution in [0, 0.1) is 0 Å². The van der Waals surface area contributed by atoms with Gasteiger partial charge in [0.1, 0.15) is 42.7 Å². The van der Waals surface area contributed by atoms with Crippen molar-refractivity contribution in [2.75, 3.05) is 19.8 Å². The molecule has 0 amide bonds. The molecular weight excluding hydrogens is 727 g/mol. The number of phosphoric acid groups is 1. The van der Waals surface area contributed by atoms with Crippen molar-refractivity contribution in [2.24, 2.45) is 0 Å². The maximum Gasteiger partial charge on any atom is 0.472 e. The van der Waals surface area contributed by atoms with Crippen molar-refractivity contribution in [1.29, 1.82) is 0 Å². The molecule has 1 aliphatic carbocycles. The summed E-state index contributed by atoms with van der Waals surface area (Å²) in [4.78, 5) is 23.1. The molecule has 6 N–H and O–H groups in total. The zero-order valence-electron chi connectivity index (χ0n) is 34.0. The molecule has 1 saturated carbocycles. The molecule has 1 fully saturated rings. The van der Waals surface area contributed by atoms with Gasteiger partial charge >= 0.3 is 13.8 Å². The summed E-state index contributed by atoms with van der Waals surface area (Å²) in [6.45, 7) is 4.14. The first kappa shape index (κ1) is 51.6. The van der Waals surface area contributed by atoms with Crippen molar-refractivity contribution in [2.45, 2.75) is 204 Å². The predicted octanol–water partition coefficient (Wildman–Crippen LogP) is 7.92. The quantitative estimate of drug-likeness (QED) is 0.0157. The third kappa shape index (κ3) is 26.2. The van der Waals surface area contributed by atoms with Gasteiger partial charge in [0, 0.05) is 13.0 Å². The summed E-state index contributed by atoms with van der Waals surface area (Å²) in [5, 5.41) is 50.0. The van der Waals surface area contributed by atoms with Crippen molar-refractivity contribution < 1.29 is 58.3 Å². The number of hydrogen-bond acceptors (Lipinski definition) is 11. The van der Waals surface area contributed by atoms with Crippen LogP contribution in [0.3, 0.4) is 0 Å². The average molecular weight is 805 g/mol. The lowest BCUT2D eigenvalue weighted by Gasteiger charge is -2.41. The van der Waals surface area contributed by atoms with E-state index in [1.165, 1.54) is 57.8 Å². The summed E-state index contributed by atoms with van der Waals surface area (Å²) in [5.41, 5.74) is 0. The Morgan fingerprint density at radius 1 is 0.582 bits per heavy atom. The molecule has 0 aromatic rings. The van der Waals surface area contributed by atoms with Gasteiger partial charge in [0.05, 0.1) is 13.2 Å². The molecule has 6 unspecified atom stereocenters. The second kappa shape index (κ2) is 33.5. The van der Waals surface area contributed by atoms with E-state index in [0.29, 0.717) is 13.0 Å². The Labute approximate surface area is 332 Å². The molecule has 0 saturated heterocycles. The van der Waals surface area contributed by atoms with Gasteiger partial charge in [-0.25, -0.2) is 4.57 Å². The first-order valence-corrected chi connectivity index (χ1v) is 22.8. The van der Waals surface area contributed by atoms with Crippen molar-refractivity contribution >= 4 is 13.8 Å². The van der Waals surface area contributed by atoms with Gasteiger partial charge in [-0.1, -0.05) is 127 Å². The van der Waals surface area contributed by atoms with Gasteiger partial charge in [-0.05, 0) is 64.2 Å². The Kier molecular flexibility index (Phi) is 31.4. The largest absolute Gasteiger partial charge is 0.472 e. The molecule has 6 atom stereocenters. The highest BCUT2D eigenvalue weighted by molar-refractivity contribution is 7.47. The maximum atomic E-state index is 12.8. The summed E-state index contributed by atoms with van der Waals surface area (Å²) in [6.07, 6.45) is 25.0. The fourth-order valence-electron chi connectivity index (χ4n) is 6.27. The van der Waals surface area contributed by atoms with Crippen LogP contribution in [0.2, 0.25) is 0 Å². The predicted molar refractivity (Wildman–Crippen MR) is 216 cm³/mol. The molecule has 0 bridgehead atoms. The normalized spacial score (nSPS) is 23.6. The number of hydrogen-bond donors (Lipinski definition) is 6. The molecule has 1 rings (SSSR count). The first-order chi connectivity index (χ1) is 26.5. The molecule has 1 aliphatic rings. The minimum atomic E-state index is -5.01. The van der Waals surface area contributed by atoms with E-state index in [2.05, 4.69) is 50.3 Å². The topological polar surface area (TPSA) is 192 Å². The molecule has 0 aromatic heterocycles. The number of esters is 1. The van der Waals surface area contributed by atoms with Crippen LogP contribution in [0.15, 0.2) is 36.5 Å². The van der Waals surface area contributed by atoms with Crippen LogP contribution < -0.4 is 0 Å². The summed E-state index contributed by atoms with van der Waals surface area (Å²) < 4.78 is 34.0. The Morgan fingerprint density at radius 2 is 1.05 bits per heavy atom. The van der Waals surface area contributed by atoms with Gasteiger partial charge in [0.15, 0.2) is 0 Å². The van der Waals surface area contributed by atoms with Crippen LogP contribution in [0.4, 0.5) is 0 Å². The smallest absolute Gasteiger partial charge is 0.457 e. The minimum Gasteiger partial charge on any atom is -0.457 e. The van der Waals surface area contributed by atoms with Crippen molar-refractivity contribution in [3.8, 4) is 0 Å². The molecule has 0 heterocycles. The Hall–Kier alpha value is -1.44. The van der Waals surface area contributed by atoms with E-state index in [0.717, 1.165) is 77.0 Å². The molecule has 322 valence electrons. The number of ether oxygens (including phenoxy) is 2. The second-order valence-electron chi connectivity index (χ2n) is 14.8. The van der Waals surface area contributed by atoms with Gasteiger partial charge < -0.3 is 39.9 Å². The third-order valence-corrected chi connectivity index (χ3v) is 10.7. The minimum absolute atomic E-state index is 0.0843. The van der Waals surface area contributed by atoms with E-state index in [-0.39, 0.29) is 13.0 Å². The highest BCUT2D eigenvalue weighted by atomic mass is 31.2. The van der Waals surface area contributed by atoms with Gasteiger partial charge in [-0.3, -0.25) is 13.8 Å². The number of aliphatic hydroxyl groups excluding tert-OH is 5. The summed E-state index contributed by atoms with van der Waals surface area (Å²) in [6, 6.07) is 0. The number of carbonyl (C=O) groups excluding carboxylic acids is 1. The van der Waals surface area contributed by atoms with E-state index >= 15 is 0 Å². The fourth-order valence-corrected chi connectivity index (χ4v) is 7.24. The number of allylic oxidation sites excluding steroid dienone is 6. The van der Waals surface area contributed by atoms with E-state index in [4.69, 9.17) is 18.5 Å². The van der Waals surface area contributed by atoms with E-state index in [9.17, 15) is 39.8 Å². The Balaban J connectivity index is 2.43. The van der Waals surface area contributed by atoms with Gasteiger partial charge in [0.25, 0.3) is 0 Å². The average Bonchev–Trinajstić information content (AvgIpc) is 3.17. The highest BCUT2D eigenvalue weighted by Crippen LogP contribution is 2.47. The van der Waals surface area contributed by atoms with Gasteiger partial charge in [-0.15, -0.1) is 0 Å². The van der Waals surface area contributed by atoms with Crippen LogP contribution in [-0.4, -0.2) is 98.9 Å². The molecule has 0 spiro atoms. The SMILES string of the molecule is CCC/C=C\CCCCCCCCOCC(COP(=O)(O)OC1C(O)C(O)C(O)C(O)C1O)OC(=O)CCCCCCCCC/C=C\C/C=C\CCCCC. The number of carbonyl (C=O) groups is 1. The molecule has 0 aromatic carbocycles. The zero-order chi connectivity index (χ0) is 40.6. The number of aliphatic hydroxyl groups is 5. The van der Waals surface area contributed by atoms with Crippen LogP contribution in [-0.2, 0) is 27.9 Å². The Morgan fingerprint density at radius 3 is 1.62 bits per heavy atom. The first-order valence-electron chi connectivity index (χ1n) is 21.3. The highest BCUT2D eigenvalue weighted by Gasteiger charge is 2.51. The van der Waals surface area contributed by atoms with E-state index in [1.54, 1.807) is 0 Å². The standard InChI is InChI=1S/C42H77O12P/c1-3-5-7-9-11-13-15-16-17-18-19-20-21-23-25-27-29-31-36(43)53-35(33-51-32-30-28-26-24-22-14-12-10-8-6-4-2)34-52-55(49,50)54-42-40(47)38(45)37(44)39(46)41(42)48/h8,10-11,13,16-17,35,37-42,44-48H,3-7,9,12,14-15,18-34H2,1-2H3,(H,49,50)/b10-8-,13-11-,17-16-. The lowest BCUT2D eigenvalue weighted by atomic mass is 9.85. The molecular formula is C42H77O12P. The Bertz CT molecular complexity index is 1050. The molecule has 55 heavy (non-hydrogen) atoms. The lowest BCUT2D eigenvalue weighted by Crippen LogP contribution is -2.64. The number of unbranched alkanes of at least 4 members (excludes halogenated alkanes) is 17. The number of rotatable bonds is 35. The molecule has 0 aliphatic heterocycles. The van der Waals surface area contributed by atoms with Crippen molar-refractivity contribution in [1.82, 2.24) is 0 Å². The zero-order valence-corrected chi connectivity index (χ0v) is 34.9. The lowest BCUT2D eigenvalue weighted by molar-refractivity contribution is -0.220. The fraction of sp³-hybridized carbons (Fsp3) is 0.833. The molecule has 12 nitrogen and oxygen atoms in total. The van der Waals surface area contributed by atoms with Crippen molar-refractivity contribution in [3.05, 3.63) is 36.5 Å². The van der Waals surface area contributed by atoms with Gasteiger partial charge in [-0.2, -0.15) is 0 Å². The number of phosphoric ester groups is 1. The van der Waals surface area contributed by atoms with Crippen LogP contribution in [0.5, 0.6) is 0 Å². The molecule has 0 radical (unpaired) electrons. The van der Waals surface area contributed by atoms with E-state index < -0.39 is 63.1 Å². The maximum absolute atomic E-state index is 12.8. The summed E-state index contributed by atoms with van der Waals surface area (Å²) in [5.74, 6) is -0.489. The van der Waals surface area contributed by atoms with E-state index in [1.807, 2.05) is 0 Å². The summed E-state index contributed by atoms with van der Waals surface area (Å²) >= 11 is 0. The molecule has 13 heteroatoms.